The number of amides is 1. The van der Waals surface area contributed by atoms with Crippen LogP contribution in [0.3, 0.4) is 0 Å². The van der Waals surface area contributed by atoms with Crippen molar-refractivity contribution in [3.05, 3.63) is 78.6 Å². The summed E-state index contributed by atoms with van der Waals surface area (Å²) in [5.41, 5.74) is 2.53. The lowest BCUT2D eigenvalue weighted by molar-refractivity contribution is 0.0948. The van der Waals surface area contributed by atoms with E-state index >= 15 is 0 Å². The number of aromatic nitrogens is 2. The zero-order chi connectivity index (χ0) is 17.1. The van der Waals surface area contributed by atoms with Crippen molar-refractivity contribution in [2.24, 2.45) is 0 Å². The van der Waals surface area contributed by atoms with E-state index in [1.165, 1.54) is 10.9 Å². The van der Waals surface area contributed by atoms with Crippen LogP contribution < -0.4 is 5.32 Å². The van der Waals surface area contributed by atoms with Crippen LogP contribution in [0.2, 0.25) is 0 Å². The number of benzene rings is 2. The Hall–Kier alpha value is -3.14. The van der Waals surface area contributed by atoms with E-state index < -0.39 is 0 Å². The second-order valence-electron chi connectivity index (χ2n) is 6.07. The molecule has 4 nitrogen and oxygen atoms in total. The SMILES string of the molecule is O=C(NCCCn1ccc2ccccc21)c1ccc2ccccc2n1. The highest BCUT2D eigenvalue weighted by atomic mass is 16.1. The van der Waals surface area contributed by atoms with Gasteiger partial charge in [0.15, 0.2) is 0 Å². The monoisotopic (exact) mass is 329 g/mol. The first kappa shape index (κ1) is 15.4. The lowest BCUT2D eigenvalue weighted by Crippen LogP contribution is -2.26. The van der Waals surface area contributed by atoms with Gasteiger partial charge in [0, 0.05) is 30.2 Å². The second kappa shape index (κ2) is 6.77. The van der Waals surface area contributed by atoms with Crippen LogP contribution in [-0.4, -0.2) is 22.0 Å². The van der Waals surface area contributed by atoms with Gasteiger partial charge in [-0.3, -0.25) is 4.79 Å². The Morgan fingerprint density at radius 2 is 1.72 bits per heavy atom. The minimum atomic E-state index is -0.122. The number of hydrogen-bond acceptors (Lipinski definition) is 2. The second-order valence-corrected chi connectivity index (χ2v) is 6.07. The summed E-state index contributed by atoms with van der Waals surface area (Å²) in [5.74, 6) is -0.122. The number of nitrogens with one attached hydrogen (secondary N) is 1. The molecule has 1 N–H and O–H groups in total. The highest BCUT2D eigenvalue weighted by molar-refractivity contribution is 5.94. The molecule has 0 radical (unpaired) electrons. The third kappa shape index (κ3) is 3.24. The maximum absolute atomic E-state index is 12.3. The van der Waals surface area contributed by atoms with E-state index in [1.54, 1.807) is 6.07 Å². The summed E-state index contributed by atoms with van der Waals surface area (Å²) in [5, 5.41) is 5.24. The van der Waals surface area contributed by atoms with Gasteiger partial charge in [0.1, 0.15) is 5.69 Å². The van der Waals surface area contributed by atoms with Crippen LogP contribution in [0, 0.1) is 0 Å². The molecule has 4 rings (SSSR count). The highest BCUT2D eigenvalue weighted by Gasteiger charge is 2.07. The standard InChI is InChI=1S/C21H19N3O/c25-21(19-11-10-16-6-1-3-8-18(16)23-19)22-13-5-14-24-15-12-17-7-2-4-9-20(17)24/h1-4,6-12,15H,5,13-14H2,(H,22,25). The van der Waals surface area contributed by atoms with Crippen molar-refractivity contribution in [3.8, 4) is 0 Å². The number of aryl methyl sites for hydroxylation is 1. The highest BCUT2D eigenvalue weighted by Crippen LogP contribution is 2.15. The molecular weight excluding hydrogens is 310 g/mol. The van der Waals surface area contributed by atoms with E-state index in [4.69, 9.17) is 0 Å². The van der Waals surface area contributed by atoms with Crippen molar-refractivity contribution in [2.75, 3.05) is 6.54 Å². The Bertz CT molecular complexity index is 1040. The minimum Gasteiger partial charge on any atom is -0.351 e. The molecule has 0 saturated heterocycles. The summed E-state index contributed by atoms with van der Waals surface area (Å²) >= 11 is 0. The van der Waals surface area contributed by atoms with Crippen molar-refractivity contribution in [1.82, 2.24) is 14.9 Å². The van der Waals surface area contributed by atoms with E-state index in [0.29, 0.717) is 12.2 Å². The van der Waals surface area contributed by atoms with Crippen LogP contribution >= 0.6 is 0 Å². The maximum atomic E-state index is 12.3. The number of rotatable bonds is 5. The molecule has 0 bridgehead atoms. The van der Waals surface area contributed by atoms with Gasteiger partial charge in [0.05, 0.1) is 5.52 Å². The summed E-state index contributed by atoms with van der Waals surface area (Å²) < 4.78 is 2.22. The molecule has 0 aliphatic carbocycles. The Morgan fingerprint density at radius 1 is 0.920 bits per heavy atom. The molecule has 2 aromatic heterocycles. The first-order valence-corrected chi connectivity index (χ1v) is 8.49. The largest absolute Gasteiger partial charge is 0.351 e. The molecule has 25 heavy (non-hydrogen) atoms. The first-order chi connectivity index (χ1) is 12.3. The Morgan fingerprint density at radius 3 is 2.64 bits per heavy atom. The van der Waals surface area contributed by atoms with E-state index in [0.717, 1.165) is 23.9 Å². The Labute approximate surface area is 146 Å². The van der Waals surface area contributed by atoms with Gasteiger partial charge in [-0.05, 0) is 36.1 Å². The molecule has 0 unspecified atom stereocenters. The van der Waals surface area contributed by atoms with E-state index in [9.17, 15) is 4.79 Å². The molecule has 4 heteroatoms. The fourth-order valence-corrected chi connectivity index (χ4v) is 3.07. The fourth-order valence-electron chi connectivity index (χ4n) is 3.07. The van der Waals surface area contributed by atoms with Gasteiger partial charge in [-0.15, -0.1) is 0 Å². The number of carbonyl (C=O) groups excluding carboxylic acids is 1. The predicted octanol–water partition coefficient (Wildman–Crippen LogP) is 4.01. The van der Waals surface area contributed by atoms with Gasteiger partial charge < -0.3 is 9.88 Å². The summed E-state index contributed by atoms with van der Waals surface area (Å²) in [6.07, 6.45) is 2.97. The number of pyridine rings is 1. The summed E-state index contributed by atoms with van der Waals surface area (Å²) in [7, 11) is 0. The number of para-hydroxylation sites is 2. The van der Waals surface area contributed by atoms with Crippen molar-refractivity contribution in [1.29, 1.82) is 0 Å². The summed E-state index contributed by atoms with van der Waals surface area (Å²) in [4.78, 5) is 16.7. The molecule has 0 atom stereocenters. The lowest BCUT2D eigenvalue weighted by Gasteiger charge is -2.07. The first-order valence-electron chi connectivity index (χ1n) is 8.49. The third-order valence-corrected chi connectivity index (χ3v) is 4.37. The number of carbonyl (C=O) groups is 1. The molecule has 4 aromatic rings. The fraction of sp³-hybridized carbons (Fsp3) is 0.143. The zero-order valence-electron chi connectivity index (χ0n) is 13.9. The normalized spacial score (nSPS) is 11.0. The van der Waals surface area contributed by atoms with Gasteiger partial charge in [0.25, 0.3) is 5.91 Å². The van der Waals surface area contributed by atoms with Gasteiger partial charge in [-0.1, -0.05) is 42.5 Å². The van der Waals surface area contributed by atoms with Gasteiger partial charge in [0.2, 0.25) is 0 Å². The Balaban J connectivity index is 1.35. The van der Waals surface area contributed by atoms with Crippen LogP contribution in [0.5, 0.6) is 0 Å². The predicted molar refractivity (Wildman–Crippen MR) is 101 cm³/mol. The summed E-state index contributed by atoms with van der Waals surface area (Å²) in [6.45, 7) is 1.50. The van der Waals surface area contributed by atoms with Gasteiger partial charge >= 0.3 is 0 Å². The summed E-state index contributed by atoms with van der Waals surface area (Å²) in [6, 6.07) is 22.0. The quantitative estimate of drug-likeness (QED) is 0.562. The van der Waals surface area contributed by atoms with Gasteiger partial charge in [-0.2, -0.15) is 0 Å². The van der Waals surface area contributed by atoms with Crippen LogP contribution in [-0.2, 0) is 6.54 Å². The molecule has 2 heterocycles. The van der Waals surface area contributed by atoms with E-state index in [1.807, 2.05) is 42.5 Å². The molecule has 124 valence electrons. The van der Waals surface area contributed by atoms with Crippen molar-refractivity contribution in [3.63, 3.8) is 0 Å². The van der Waals surface area contributed by atoms with Crippen molar-refractivity contribution >= 4 is 27.7 Å². The number of nitrogens with zero attached hydrogens (tertiary/aromatic N) is 2. The minimum absolute atomic E-state index is 0.122. The average molecular weight is 329 g/mol. The van der Waals surface area contributed by atoms with Gasteiger partial charge in [-0.25, -0.2) is 4.98 Å². The molecule has 0 aliphatic rings. The van der Waals surface area contributed by atoms with Crippen LogP contribution in [0.1, 0.15) is 16.9 Å². The molecule has 0 spiro atoms. The average Bonchev–Trinajstić information content (AvgIpc) is 3.08. The molecule has 1 amide bonds. The zero-order valence-corrected chi connectivity index (χ0v) is 13.9. The Kier molecular flexibility index (Phi) is 4.17. The molecular formula is C21H19N3O. The maximum Gasteiger partial charge on any atom is 0.269 e. The molecule has 2 aromatic carbocycles. The topological polar surface area (TPSA) is 46.9 Å². The number of hydrogen-bond donors (Lipinski definition) is 1. The van der Waals surface area contributed by atoms with E-state index in [-0.39, 0.29) is 5.91 Å². The van der Waals surface area contributed by atoms with Crippen LogP contribution in [0.15, 0.2) is 72.9 Å². The molecule has 0 fully saturated rings. The van der Waals surface area contributed by atoms with E-state index in [2.05, 4.69) is 39.3 Å². The lowest BCUT2D eigenvalue weighted by atomic mass is 10.2. The number of fused-ring (bicyclic) bond motifs is 2. The van der Waals surface area contributed by atoms with Crippen molar-refractivity contribution in [2.45, 2.75) is 13.0 Å². The molecule has 0 aliphatic heterocycles. The van der Waals surface area contributed by atoms with Crippen LogP contribution in [0.25, 0.3) is 21.8 Å². The van der Waals surface area contributed by atoms with Crippen LogP contribution in [0.4, 0.5) is 0 Å². The smallest absolute Gasteiger partial charge is 0.269 e. The van der Waals surface area contributed by atoms with Crippen molar-refractivity contribution < 1.29 is 4.79 Å². The third-order valence-electron chi connectivity index (χ3n) is 4.37. The molecule has 0 saturated carbocycles.